The van der Waals surface area contributed by atoms with Crippen molar-refractivity contribution in [3.63, 3.8) is 0 Å². The summed E-state index contributed by atoms with van der Waals surface area (Å²) in [4.78, 5) is 10.5. The summed E-state index contributed by atoms with van der Waals surface area (Å²) in [6, 6.07) is 6.01. The van der Waals surface area contributed by atoms with Crippen LogP contribution in [0.5, 0.6) is 0 Å². The van der Waals surface area contributed by atoms with Gasteiger partial charge in [0.25, 0.3) is 0 Å². The van der Waals surface area contributed by atoms with E-state index in [1.165, 1.54) is 12.1 Å². The molecule has 4 nitrogen and oxygen atoms in total. The van der Waals surface area contributed by atoms with Crippen LogP contribution in [0.2, 0.25) is 0 Å². The minimum Gasteiger partial charge on any atom is -0.481 e. The predicted molar refractivity (Wildman–Crippen MR) is 64.2 cm³/mol. The fraction of sp³-hybridized carbons (Fsp3) is 0.231. The number of carbonyl (C=O) groups is 1. The fourth-order valence-corrected chi connectivity index (χ4v) is 1.77. The van der Waals surface area contributed by atoms with E-state index in [2.05, 4.69) is 5.10 Å². The molecule has 1 aromatic heterocycles. The molecule has 0 aliphatic rings. The van der Waals surface area contributed by atoms with Gasteiger partial charge in [0.1, 0.15) is 5.82 Å². The van der Waals surface area contributed by atoms with Crippen LogP contribution < -0.4 is 0 Å². The lowest BCUT2D eigenvalue weighted by atomic mass is 10.1. The van der Waals surface area contributed by atoms with E-state index in [0.717, 1.165) is 16.9 Å². The van der Waals surface area contributed by atoms with Crippen molar-refractivity contribution in [2.45, 2.75) is 19.8 Å². The molecule has 0 unspecified atom stereocenters. The highest BCUT2D eigenvalue weighted by molar-refractivity contribution is 5.67. The maximum absolute atomic E-state index is 12.8. The van der Waals surface area contributed by atoms with Crippen LogP contribution in [0.25, 0.3) is 5.69 Å². The molecular weight excluding hydrogens is 235 g/mol. The van der Waals surface area contributed by atoms with Gasteiger partial charge in [0, 0.05) is 12.1 Å². The normalized spacial score (nSPS) is 10.6. The summed E-state index contributed by atoms with van der Waals surface area (Å²) in [5.74, 6) is -1.13. The Balaban J connectivity index is 2.25. The van der Waals surface area contributed by atoms with Crippen LogP contribution in [0.15, 0.2) is 30.5 Å². The minimum absolute atomic E-state index is 0.0793. The third-order valence-electron chi connectivity index (χ3n) is 2.79. The van der Waals surface area contributed by atoms with Crippen molar-refractivity contribution >= 4 is 5.97 Å². The molecule has 0 bridgehead atoms. The Morgan fingerprint density at radius 3 is 2.67 bits per heavy atom. The van der Waals surface area contributed by atoms with Gasteiger partial charge in [-0.2, -0.15) is 5.10 Å². The molecular formula is C13H13FN2O2. The smallest absolute Gasteiger partial charge is 0.303 e. The first-order chi connectivity index (χ1) is 8.58. The average Bonchev–Trinajstić information content (AvgIpc) is 2.69. The Labute approximate surface area is 104 Å². The van der Waals surface area contributed by atoms with Gasteiger partial charge in [-0.25, -0.2) is 9.07 Å². The Bertz CT molecular complexity index is 561. The summed E-state index contributed by atoms with van der Waals surface area (Å²) >= 11 is 0. The van der Waals surface area contributed by atoms with E-state index in [1.807, 2.05) is 6.92 Å². The summed E-state index contributed by atoms with van der Waals surface area (Å²) in [6.45, 7) is 1.87. The highest BCUT2D eigenvalue weighted by atomic mass is 19.1. The number of rotatable bonds is 4. The van der Waals surface area contributed by atoms with Crippen molar-refractivity contribution in [1.29, 1.82) is 0 Å². The zero-order valence-electron chi connectivity index (χ0n) is 9.93. The molecule has 0 radical (unpaired) electrons. The van der Waals surface area contributed by atoms with Gasteiger partial charge in [-0.1, -0.05) is 0 Å². The zero-order chi connectivity index (χ0) is 13.1. The van der Waals surface area contributed by atoms with E-state index in [1.54, 1.807) is 23.0 Å². The van der Waals surface area contributed by atoms with E-state index in [0.29, 0.717) is 6.42 Å². The molecule has 1 heterocycles. The number of aryl methyl sites for hydroxylation is 1. The van der Waals surface area contributed by atoms with Crippen molar-refractivity contribution in [2.75, 3.05) is 0 Å². The number of aromatic nitrogens is 2. The number of benzene rings is 1. The highest BCUT2D eigenvalue weighted by Crippen LogP contribution is 2.15. The number of carboxylic acid groups (broad SMARTS) is 1. The first kappa shape index (κ1) is 12.3. The van der Waals surface area contributed by atoms with Gasteiger partial charge in [0.05, 0.1) is 11.9 Å². The van der Waals surface area contributed by atoms with Gasteiger partial charge in [-0.15, -0.1) is 0 Å². The SMILES string of the molecule is Cc1c(CCC(=O)O)cnn1-c1ccc(F)cc1. The number of carboxylic acids is 1. The summed E-state index contributed by atoms with van der Waals surface area (Å²) in [5.41, 5.74) is 2.53. The second-order valence-corrected chi connectivity index (χ2v) is 4.04. The molecule has 0 aliphatic heterocycles. The molecule has 0 fully saturated rings. The summed E-state index contributed by atoms with van der Waals surface area (Å²) in [7, 11) is 0. The first-order valence-electron chi connectivity index (χ1n) is 5.59. The van der Waals surface area contributed by atoms with Crippen LogP contribution in [0.4, 0.5) is 4.39 Å². The molecule has 2 rings (SSSR count). The quantitative estimate of drug-likeness (QED) is 0.903. The topological polar surface area (TPSA) is 55.1 Å². The van der Waals surface area contributed by atoms with Crippen molar-refractivity contribution in [1.82, 2.24) is 9.78 Å². The lowest BCUT2D eigenvalue weighted by molar-refractivity contribution is -0.136. The van der Waals surface area contributed by atoms with E-state index >= 15 is 0 Å². The van der Waals surface area contributed by atoms with Gasteiger partial charge in [-0.3, -0.25) is 4.79 Å². The Morgan fingerprint density at radius 2 is 2.06 bits per heavy atom. The molecule has 18 heavy (non-hydrogen) atoms. The molecule has 0 amide bonds. The van der Waals surface area contributed by atoms with E-state index < -0.39 is 5.97 Å². The van der Waals surface area contributed by atoms with Crippen molar-refractivity contribution in [2.24, 2.45) is 0 Å². The highest BCUT2D eigenvalue weighted by Gasteiger charge is 2.09. The molecule has 0 aliphatic carbocycles. The molecule has 0 spiro atoms. The summed E-state index contributed by atoms with van der Waals surface area (Å²) < 4.78 is 14.5. The predicted octanol–water partition coefficient (Wildman–Crippen LogP) is 2.34. The van der Waals surface area contributed by atoms with Gasteiger partial charge < -0.3 is 5.11 Å². The summed E-state index contributed by atoms with van der Waals surface area (Å²) in [5, 5.41) is 12.8. The van der Waals surface area contributed by atoms with E-state index in [9.17, 15) is 9.18 Å². The molecule has 0 atom stereocenters. The third-order valence-corrected chi connectivity index (χ3v) is 2.79. The van der Waals surface area contributed by atoms with Crippen molar-refractivity contribution < 1.29 is 14.3 Å². The van der Waals surface area contributed by atoms with Crippen LogP contribution in [0.1, 0.15) is 17.7 Å². The molecule has 5 heteroatoms. The Kier molecular flexibility index (Phi) is 3.41. The molecule has 0 saturated heterocycles. The number of halogens is 1. The Morgan fingerprint density at radius 1 is 1.39 bits per heavy atom. The minimum atomic E-state index is -0.830. The molecule has 0 saturated carbocycles. The van der Waals surface area contributed by atoms with Crippen molar-refractivity contribution in [3.8, 4) is 5.69 Å². The molecule has 94 valence electrons. The monoisotopic (exact) mass is 248 g/mol. The number of nitrogens with zero attached hydrogens (tertiary/aromatic N) is 2. The molecule has 1 N–H and O–H groups in total. The molecule has 1 aromatic carbocycles. The average molecular weight is 248 g/mol. The largest absolute Gasteiger partial charge is 0.481 e. The zero-order valence-corrected chi connectivity index (χ0v) is 9.93. The number of hydrogen-bond acceptors (Lipinski definition) is 2. The lowest BCUT2D eigenvalue weighted by Crippen LogP contribution is -2.01. The molecule has 2 aromatic rings. The first-order valence-corrected chi connectivity index (χ1v) is 5.59. The van der Waals surface area contributed by atoms with Crippen LogP contribution in [0, 0.1) is 12.7 Å². The number of aliphatic carboxylic acids is 1. The number of hydrogen-bond donors (Lipinski definition) is 1. The third kappa shape index (κ3) is 2.56. The van der Waals surface area contributed by atoms with Crippen LogP contribution >= 0.6 is 0 Å². The fourth-order valence-electron chi connectivity index (χ4n) is 1.77. The van der Waals surface area contributed by atoms with E-state index in [-0.39, 0.29) is 12.2 Å². The van der Waals surface area contributed by atoms with Gasteiger partial charge in [-0.05, 0) is 43.2 Å². The maximum Gasteiger partial charge on any atom is 0.303 e. The van der Waals surface area contributed by atoms with E-state index in [4.69, 9.17) is 5.11 Å². The van der Waals surface area contributed by atoms with Gasteiger partial charge >= 0.3 is 5.97 Å². The van der Waals surface area contributed by atoms with Crippen LogP contribution in [-0.2, 0) is 11.2 Å². The lowest BCUT2D eigenvalue weighted by Gasteiger charge is -2.05. The van der Waals surface area contributed by atoms with Crippen LogP contribution in [0.3, 0.4) is 0 Å². The maximum atomic E-state index is 12.8. The van der Waals surface area contributed by atoms with Gasteiger partial charge in [0.2, 0.25) is 0 Å². The Hall–Kier alpha value is -2.17. The van der Waals surface area contributed by atoms with Crippen molar-refractivity contribution in [3.05, 3.63) is 47.5 Å². The van der Waals surface area contributed by atoms with Crippen LogP contribution in [-0.4, -0.2) is 20.9 Å². The van der Waals surface area contributed by atoms with Gasteiger partial charge in [0.15, 0.2) is 0 Å². The summed E-state index contributed by atoms with van der Waals surface area (Å²) in [6.07, 6.45) is 2.18. The second-order valence-electron chi connectivity index (χ2n) is 4.04. The standard InChI is InChI=1S/C13H13FN2O2/c1-9-10(2-7-13(17)18)8-15-16(9)12-5-3-11(14)4-6-12/h3-6,8H,2,7H2,1H3,(H,17,18). The second kappa shape index (κ2) is 5.00.